The number of aryl methyl sites for hydroxylation is 2. The van der Waals surface area contributed by atoms with Crippen molar-refractivity contribution in [1.82, 2.24) is 15.3 Å². The summed E-state index contributed by atoms with van der Waals surface area (Å²) in [5, 5.41) is 3.58. The maximum atomic E-state index is 12.1. The molecule has 0 bridgehead atoms. The minimum Gasteiger partial charge on any atom is -0.322 e. The molecule has 0 spiro atoms. The van der Waals surface area contributed by atoms with Crippen molar-refractivity contribution in [3.05, 3.63) is 65.4 Å². The van der Waals surface area contributed by atoms with Gasteiger partial charge in [-0.15, -0.1) is 9.97 Å². The third kappa shape index (κ3) is 3.38. The summed E-state index contributed by atoms with van der Waals surface area (Å²) < 4.78 is 0. The summed E-state index contributed by atoms with van der Waals surface area (Å²) in [4.78, 5) is 23.7. The first-order chi connectivity index (χ1) is 11.5. The average molecular weight is 320 g/mol. The Kier molecular flexibility index (Phi) is 4.20. The lowest BCUT2D eigenvalue weighted by molar-refractivity contribution is -0.367. The number of hydrogen-bond acceptors (Lipinski definition) is 3. The number of nitrogens with two attached hydrogens (primary N) is 1. The topological polar surface area (TPSA) is 94.9 Å². The van der Waals surface area contributed by atoms with Gasteiger partial charge in [-0.25, -0.2) is 10.3 Å². The summed E-state index contributed by atoms with van der Waals surface area (Å²) >= 11 is 0. The molecule has 0 unspecified atom stereocenters. The summed E-state index contributed by atoms with van der Waals surface area (Å²) in [5.41, 5.74) is 9.19. The summed E-state index contributed by atoms with van der Waals surface area (Å²) in [7, 11) is 0. The van der Waals surface area contributed by atoms with Gasteiger partial charge < -0.3 is 5.73 Å². The van der Waals surface area contributed by atoms with Crippen molar-refractivity contribution in [3.8, 4) is 0 Å². The van der Waals surface area contributed by atoms with Crippen molar-refractivity contribution in [2.24, 2.45) is 5.73 Å². The van der Waals surface area contributed by atoms with Crippen LogP contribution in [0.25, 0.3) is 10.9 Å². The molecule has 1 heterocycles. The van der Waals surface area contributed by atoms with E-state index in [1.54, 1.807) is 24.3 Å². The average Bonchev–Trinajstić information content (AvgIpc) is 2.56. The van der Waals surface area contributed by atoms with Crippen molar-refractivity contribution in [2.45, 2.75) is 13.8 Å². The highest BCUT2D eigenvalue weighted by molar-refractivity contribution is 6.03. The fraction of sp³-hybridized carbons (Fsp3) is 0.111. The molecule has 0 aliphatic rings. The van der Waals surface area contributed by atoms with E-state index in [9.17, 15) is 4.79 Å². The minimum absolute atomic E-state index is 0.0784. The van der Waals surface area contributed by atoms with Crippen LogP contribution in [0, 0.1) is 13.8 Å². The number of fused-ring (bicyclic) bond motifs is 1. The largest absolute Gasteiger partial charge is 0.354 e. The Labute approximate surface area is 139 Å². The van der Waals surface area contributed by atoms with Crippen LogP contribution in [-0.4, -0.2) is 21.8 Å². The highest BCUT2D eigenvalue weighted by Gasteiger charge is 2.12. The molecule has 1 amide bonds. The molecule has 0 saturated carbocycles. The van der Waals surface area contributed by atoms with Gasteiger partial charge in [0.25, 0.3) is 11.9 Å². The number of benzene rings is 2. The van der Waals surface area contributed by atoms with E-state index in [0.717, 1.165) is 22.2 Å². The van der Waals surface area contributed by atoms with Crippen molar-refractivity contribution >= 4 is 28.7 Å². The Balaban J connectivity index is 1.86. The van der Waals surface area contributed by atoms with Gasteiger partial charge in [-0.05, 0) is 38.1 Å². The first-order valence-corrected chi connectivity index (χ1v) is 7.54. The standard InChI is InChI=1S/C18H17N5O/c1-11-8-9-15-14(10-11)12(2)20-18(21-15)23-17(19)22-16(24)13-6-4-3-5-7-13/h3-10H,1-2H3,(H3,19,20,21,22,23,24)/p+1. The van der Waals surface area contributed by atoms with Gasteiger partial charge in [0, 0.05) is 10.9 Å². The normalized spacial score (nSPS) is 11.5. The van der Waals surface area contributed by atoms with Gasteiger partial charge >= 0.3 is 5.95 Å². The van der Waals surface area contributed by atoms with Crippen LogP contribution < -0.4 is 16.0 Å². The van der Waals surface area contributed by atoms with Crippen molar-refractivity contribution in [2.75, 3.05) is 0 Å². The smallest absolute Gasteiger partial charge is 0.322 e. The predicted molar refractivity (Wildman–Crippen MR) is 92.7 cm³/mol. The second kappa shape index (κ2) is 6.45. The molecular formula is C18H18N5O+. The van der Waals surface area contributed by atoms with E-state index in [4.69, 9.17) is 5.73 Å². The van der Waals surface area contributed by atoms with Gasteiger partial charge in [-0.3, -0.25) is 4.79 Å². The van der Waals surface area contributed by atoms with Gasteiger partial charge in [0.2, 0.25) is 0 Å². The van der Waals surface area contributed by atoms with Crippen LogP contribution in [-0.2, 0) is 0 Å². The van der Waals surface area contributed by atoms with Gasteiger partial charge in [-0.2, -0.15) is 0 Å². The van der Waals surface area contributed by atoms with Gasteiger partial charge in [-0.1, -0.05) is 29.8 Å². The SMILES string of the molecule is Cc1ccc2nc(/[NH+]=C(\N)NC(=O)c3ccccc3)nc(C)c2c1. The number of hydrogen-bond donors (Lipinski definition) is 3. The lowest BCUT2D eigenvalue weighted by Gasteiger charge is -2.02. The molecule has 0 aliphatic carbocycles. The van der Waals surface area contributed by atoms with Crippen molar-refractivity contribution in [1.29, 1.82) is 0 Å². The lowest BCUT2D eigenvalue weighted by atomic mass is 10.1. The summed E-state index contributed by atoms with van der Waals surface area (Å²) in [5.74, 6) is 0.123. The molecule has 120 valence electrons. The molecule has 0 fully saturated rings. The van der Waals surface area contributed by atoms with Crippen LogP contribution >= 0.6 is 0 Å². The van der Waals surface area contributed by atoms with E-state index in [1.807, 2.05) is 38.1 Å². The van der Waals surface area contributed by atoms with E-state index < -0.39 is 0 Å². The van der Waals surface area contributed by atoms with E-state index in [-0.39, 0.29) is 11.9 Å². The number of rotatable bonds is 2. The molecule has 4 N–H and O–H groups in total. The zero-order valence-corrected chi connectivity index (χ0v) is 13.5. The number of nitrogens with one attached hydrogen (secondary N) is 2. The Morgan fingerprint density at radius 3 is 2.58 bits per heavy atom. The van der Waals surface area contributed by atoms with E-state index in [2.05, 4.69) is 20.3 Å². The van der Waals surface area contributed by atoms with Crippen LogP contribution in [0.2, 0.25) is 0 Å². The van der Waals surface area contributed by atoms with Crippen LogP contribution in [0.5, 0.6) is 0 Å². The maximum Gasteiger partial charge on any atom is 0.354 e. The molecule has 6 nitrogen and oxygen atoms in total. The third-order valence-electron chi connectivity index (χ3n) is 3.57. The van der Waals surface area contributed by atoms with E-state index in [0.29, 0.717) is 11.5 Å². The number of amides is 1. The Bertz CT molecular complexity index is 935. The summed E-state index contributed by atoms with van der Waals surface area (Å²) in [6.07, 6.45) is 0. The highest BCUT2D eigenvalue weighted by Crippen LogP contribution is 2.16. The monoisotopic (exact) mass is 320 g/mol. The summed E-state index contributed by atoms with van der Waals surface area (Å²) in [6, 6.07) is 14.8. The molecule has 0 atom stereocenters. The minimum atomic E-state index is -0.297. The number of aromatic nitrogens is 2. The number of guanidine groups is 1. The van der Waals surface area contributed by atoms with Crippen LogP contribution in [0.1, 0.15) is 21.6 Å². The lowest BCUT2D eigenvalue weighted by Crippen LogP contribution is -2.75. The molecular weight excluding hydrogens is 302 g/mol. The Morgan fingerprint density at radius 2 is 1.83 bits per heavy atom. The molecule has 6 heteroatoms. The zero-order chi connectivity index (χ0) is 17.1. The molecule has 0 radical (unpaired) electrons. The fourth-order valence-electron chi connectivity index (χ4n) is 2.39. The number of nitrogens with zero attached hydrogens (tertiary/aromatic N) is 2. The molecule has 24 heavy (non-hydrogen) atoms. The summed E-state index contributed by atoms with van der Waals surface area (Å²) in [6.45, 7) is 3.93. The third-order valence-corrected chi connectivity index (χ3v) is 3.57. The molecule has 1 aromatic heterocycles. The van der Waals surface area contributed by atoms with Crippen LogP contribution in [0.3, 0.4) is 0 Å². The molecule has 0 saturated heterocycles. The first kappa shape index (κ1) is 15.6. The Hall–Kier alpha value is -3.28. The second-order valence-electron chi connectivity index (χ2n) is 5.51. The van der Waals surface area contributed by atoms with E-state index in [1.165, 1.54) is 0 Å². The maximum absolute atomic E-state index is 12.1. The molecule has 3 aromatic rings. The first-order valence-electron chi connectivity index (χ1n) is 7.54. The van der Waals surface area contributed by atoms with Gasteiger partial charge in [0.15, 0.2) is 0 Å². The fourth-order valence-corrected chi connectivity index (χ4v) is 2.39. The molecule has 3 rings (SSSR count). The second-order valence-corrected chi connectivity index (χ2v) is 5.51. The predicted octanol–water partition coefficient (Wildman–Crippen LogP) is 0.703. The molecule has 2 aromatic carbocycles. The van der Waals surface area contributed by atoms with E-state index >= 15 is 0 Å². The van der Waals surface area contributed by atoms with Gasteiger partial charge in [0.05, 0.1) is 5.69 Å². The van der Waals surface area contributed by atoms with Gasteiger partial charge in [0.1, 0.15) is 5.52 Å². The van der Waals surface area contributed by atoms with Crippen molar-refractivity contribution in [3.63, 3.8) is 0 Å². The Morgan fingerprint density at radius 1 is 1.08 bits per heavy atom. The van der Waals surface area contributed by atoms with Crippen LogP contribution in [0.4, 0.5) is 5.95 Å². The highest BCUT2D eigenvalue weighted by atomic mass is 16.1. The number of carbonyl (C=O) groups excluding carboxylic acids is 1. The van der Waals surface area contributed by atoms with Crippen LogP contribution in [0.15, 0.2) is 48.5 Å². The molecule has 0 aliphatic heterocycles. The quantitative estimate of drug-likeness (QED) is 0.478. The zero-order valence-electron chi connectivity index (χ0n) is 13.5. The number of carbonyl (C=O) groups is 1. The van der Waals surface area contributed by atoms with Crippen molar-refractivity contribution < 1.29 is 9.79 Å².